The van der Waals surface area contributed by atoms with E-state index in [1.165, 1.54) is 25.1 Å². The van der Waals surface area contributed by atoms with E-state index in [9.17, 15) is 18.3 Å². The lowest BCUT2D eigenvalue weighted by molar-refractivity contribution is -0.210. The number of hydrogen-bond donors (Lipinski definition) is 2. The zero-order chi connectivity index (χ0) is 13.9. The summed E-state index contributed by atoms with van der Waals surface area (Å²) in [7, 11) is 0. The van der Waals surface area contributed by atoms with E-state index < -0.39 is 25.0 Å². The molecule has 7 heteroatoms. The summed E-state index contributed by atoms with van der Waals surface area (Å²) in [5, 5.41) is 18.6. The molecule has 0 amide bonds. The van der Waals surface area contributed by atoms with Crippen molar-refractivity contribution in [2.75, 3.05) is 6.61 Å². The third-order valence-corrected chi connectivity index (χ3v) is 2.43. The molecule has 0 saturated heterocycles. The molecule has 2 N–H and O–H groups in total. The maximum atomic E-state index is 12.1. The van der Waals surface area contributed by atoms with Gasteiger partial charge in [-0.25, -0.2) is 0 Å². The fourth-order valence-corrected chi connectivity index (χ4v) is 1.42. The molecular weight excluding hydrogens is 273 g/mol. The van der Waals surface area contributed by atoms with Gasteiger partial charge in [-0.05, 0) is 25.1 Å². The molecule has 0 aromatic heterocycles. The van der Waals surface area contributed by atoms with Crippen LogP contribution in [0.25, 0.3) is 0 Å². The molecule has 2 atom stereocenters. The molecule has 3 nitrogen and oxygen atoms in total. The molecule has 0 aliphatic rings. The van der Waals surface area contributed by atoms with E-state index in [-0.39, 0.29) is 11.3 Å². The third kappa shape index (κ3) is 4.04. The number of hydrogen-bond acceptors (Lipinski definition) is 3. The lowest BCUT2D eigenvalue weighted by Crippen LogP contribution is -2.34. The smallest absolute Gasteiger partial charge is 0.417 e. The zero-order valence-corrected chi connectivity index (χ0v) is 10.2. The van der Waals surface area contributed by atoms with Crippen LogP contribution >= 0.6 is 11.6 Å². The van der Waals surface area contributed by atoms with Gasteiger partial charge in [0.15, 0.2) is 6.10 Å². The SMILES string of the molecule is C[C@@H](O)c1cc(Cl)ccc1OCC(O)C(F)(F)F. The van der Waals surface area contributed by atoms with Crippen LogP contribution in [0.2, 0.25) is 5.02 Å². The maximum Gasteiger partial charge on any atom is 0.417 e. The molecule has 18 heavy (non-hydrogen) atoms. The van der Waals surface area contributed by atoms with E-state index in [0.29, 0.717) is 5.02 Å². The number of halogens is 4. The summed E-state index contributed by atoms with van der Waals surface area (Å²) in [6.07, 6.45) is -8.26. The Morgan fingerprint density at radius 2 is 1.94 bits per heavy atom. The van der Waals surface area contributed by atoms with Crippen molar-refractivity contribution >= 4 is 11.6 Å². The van der Waals surface area contributed by atoms with Crippen molar-refractivity contribution in [2.24, 2.45) is 0 Å². The topological polar surface area (TPSA) is 49.7 Å². The van der Waals surface area contributed by atoms with Gasteiger partial charge in [-0.2, -0.15) is 13.2 Å². The van der Waals surface area contributed by atoms with Crippen molar-refractivity contribution < 1.29 is 28.1 Å². The van der Waals surface area contributed by atoms with E-state index in [1.807, 2.05) is 0 Å². The molecule has 102 valence electrons. The Bertz CT molecular complexity index is 407. The summed E-state index contributed by atoms with van der Waals surface area (Å²) in [5.41, 5.74) is 0.261. The van der Waals surface area contributed by atoms with Gasteiger partial charge in [0.1, 0.15) is 12.4 Å². The predicted molar refractivity (Wildman–Crippen MR) is 59.6 cm³/mol. The van der Waals surface area contributed by atoms with Crippen molar-refractivity contribution in [3.63, 3.8) is 0 Å². The monoisotopic (exact) mass is 284 g/mol. The van der Waals surface area contributed by atoms with Gasteiger partial charge in [-0.3, -0.25) is 0 Å². The van der Waals surface area contributed by atoms with Crippen LogP contribution in [0.5, 0.6) is 5.75 Å². The molecule has 0 fully saturated rings. The van der Waals surface area contributed by atoms with Gasteiger partial charge in [-0.15, -0.1) is 0 Å². The summed E-state index contributed by atoms with van der Waals surface area (Å²) in [6, 6.07) is 4.15. The normalized spacial score (nSPS) is 15.3. The van der Waals surface area contributed by atoms with E-state index in [4.69, 9.17) is 21.4 Å². The van der Waals surface area contributed by atoms with Crippen LogP contribution in [0.1, 0.15) is 18.6 Å². The van der Waals surface area contributed by atoms with Crippen molar-refractivity contribution in [3.05, 3.63) is 28.8 Å². The van der Waals surface area contributed by atoms with Gasteiger partial charge in [0.05, 0.1) is 6.10 Å². The quantitative estimate of drug-likeness (QED) is 0.894. The number of benzene rings is 1. The van der Waals surface area contributed by atoms with Gasteiger partial charge in [0.25, 0.3) is 0 Å². The Morgan fingerprint density at radius 3 is 2.44 bits per heavy atom. The van der Waals surface area contributed by atoms with Crippen LogP contribution in [0.4, 0.5) is 13.2 Å². The average Bonchev–Trinajstić information content (AvgIpc) is 2.25. The first-order valence-corrected chi connectivity index (χ1v) is 5.44. The largest absolute Gasteiger partial charge is 0.490 e. The number of aliphatic hydroxyl groups is 2. The fraction of sp³-hybridized carbons (Fsp3) is 0.455. The van der Waals surface area contributed by atoms with Crippen LogP contribution in [0, 0.1) is 0 Å². The van der Waals surface area contributed by atoms with E-state index in [2.05, 4.69) is 0 Å². The fourth-order valence-electron chi connectivity index (χ4n) is 1.24. The Labute approximate surface area is 107 Å². The molecule has 0 bridgehead atoms. The molecule has 0 radical (unpaired) electrons. The minimum Gasteiger partial charge on any atom is -0.490 e. The Morgan fingerprint density at radius 1 is 1.33 bits per heavy atom. The summed E-state index contributed by atoms with van der Waals surface area (Å²) in [4.78, 5) is 0. The Hall–Kier alpha value is -0.980. The summed E-state index contributed by atoms with van der Waals surface area (Å²) in [6.45, 7) is 0.490. The highest BCUT2D eigenvalue weighted by Crippen LogP contribution is 2.29. The first-order chi connectivity index (χ1) is 8.21. The van der Waals surface area contributed by atoms with Crippen LogP contribution in [0.3, 0.4) is 0 Å². The predicted octanol–water partition coefficient (Wildman–Crippen LogP) is 2.70. The molecule has 1 rings (SSSR count). The maximum absolute atomic E-state index is 12.1. The van der Waals surface area contributed by atoms with Gasteiger partial charge >= 0.3 is 6.18 Å². The molecule has 1 aromatic rings. The summed E-state index contributed by atoms with van der Waals surface area (Å²) in [5.74, 6) is 0.0534. The van der Waals surface area contributed by atoms with Crippen LogP contribution in [0.15, 0.2) is 18.2 Å². The molecule has 1 unspecified atom stereocenters. The van der Waals surface area contributed by atoms with Crippen molar-refractivity contribution in [2.45, 2.75) is 25.3 Å². The third-order valence-electron chi connectivity index (χ3n) is 2.20. The second-order valence-electron chi connectivity index (χ2n) is 3.73. The first-order valence-electron chi connectivity index (χ1n) is 5.07. The number of ether oxygens (including phenoxy) is 1. The molecule has 0 aliphatic heterocycles. The highest BCUT2D eigenvalue weighted by molar-refractivity contribution is 6.30. The lowest BCUT2D eigenvalue weighted by Gasteiger charge is -2.18. The number of aliphatic hydroxyl groups excluding tert-OH is 2. The number of rotatable bonds is 4. The second kappa shape index (κ2) is 5.77. The number of alkyl halides is 3. The molecule has 0 heterocycles. The molecular formula is C11H12ClF3O3. The van der Waals surface area contributed by atoms with E-state index >= 15 is 0 Å². The Balaban J connectivity index is 2.79. The second-order valence-corrected chi connectivity index (χ2v) is 4.16. The van der Waals surface area contributed by atoms with Crippen LogP contribution in [-0.4, -0.2) is 29.1 Å². The minimum atomic E-state index is -4.74. The van der Waals surface area contributed by atoms with Crippen molar-refractivity contribution in [3.8, 4) is 5.75 Å². The summed E-state index contributed by atoms with van der Waals surface area (Å²) < 4.78 is 41.1. The van der Waals surface area contributed by atoms with Crippen molar-refractivity contribution in [1.82, 2.24) is 0 Å². The highest BCUT2D eigenvalue weighted by Gasteiger charge is 2.38. The molecule has 1 aromatic carbocycles. The molecule has 0 spiro atoms. The summed E-state index contributed by atoms with van der Waals surface area (Å²) >= 11 is 5.70. The van der Waals surface area contributed by atoms with E-state index in [0.717, 1.165) is 0 Å². The van der Waals surface area contributed by atoms with Gasteiger partial charge in [-0.1, -0.05) is 11.6 Å². The van der Waals surface area contributed by atoms with Gasteiger partial charge in [0.2, 0.25) is 0 Å². The van der Waals surface area contributed by atoms with E-state index in [1.54, 1.807) is 0 Å². The Kier molecular flexibility index (Phi) is 4.84. The van der Waals surface area contributed by atoms with Crippen molar-refractivity contribution in [1.29, 1.82) is 0 Å². The lowest BCUT2D eigenvalue weighted by atomic mass is 10.1. The first kappa shape index (κ1) is 15.1. The minimum absolute atomic E-state index is 0.0534. The standard InChI is InChI=1S/C11H12ClF3O3/c1-6(16)8-4-7(12)2-3-9(8)18-5-10(17)11(13,14)15/h2-4,6,10,16-17H,5H2,1H3/t6-,10?/m1/s1. The van der Waals surface area contributed by atoms with Gasteiger partial charge in [0, 0.05) is 10.6 Å². The highest BCUT2D eigenvalue weighted by atomic mass is 35.5. The molecule has 0 saturated carbocycles. The van der Waals surface area contributed by atoms with Gasteiger partial charge < -0.3 is 14.9 Å². The van der Waals surface area contributed by atoms with Crippen LogP contribution < -0.4 is 4.74 Å². The average molecular weight is 285 g/mol. The molecule has 0 aliphatic carbocycles. The van der Waals surface area contributed by atoms with Crippen LogP contribution in [-0.2, 0) is 0 Å². The zero-order valence-electron chi connectivity index (χ0n) is 9.41.